The van der Waals surface area contributed by atoms with Gasteiger partial charge in [-0.15, -0.1) is 0 Å². The Bertz CT molecular complexity index is 508. The van der Waals surface area contributed by atoms with Gasteiger partial charge in [-0.3, -0.25) is 0 Å². The highest BCUT2D eigenvalue weighted by atomic mass is 32.1. The molecule has 0 aromatic carbocycles. The molecule has 0 radical (unpaired) electrons. The quantitative estimate of drug-likeness (QED) is 0.759. The van der Waals surface area contributed by atoms with E-state index in [0.29, 0.717) is 5.92 Å². The maximum atomic E-state index is 4.70. The van der Waals surface area contributed by atoms with E-state index in [1.165, 1.54) is 11.5 Å². The molecule has 3 nitrogen and oxygen atoms in total. The van der Waals surface area contributed by atoms with Crippen LogP contribution in [0.4, 0.5) is 0 Å². The number of nitrogens with zero attached hydrogens (tertiary/aromatic N) is 3. The van der Waals surface area contributed by atoms with E-state index in [0.717, 1.165) is 21.7 Å². The molecule has 2 rings (SSSR count). The van der Waals surface area contributed by atoms with Crippen molar-refractivity contribution in [3.05, 3.63) is 17.7 Å². The second-order valence-electron chi connectivity index (χ2n) is 5.38. The molecule has 2 aromatic heterocycles. The summed E-state index contributed by atoms with van der Waals surface area (Å²) in [5.74, 6) is 1.32. The minimum Gasteiger partial charge on any atom is -0.236 e. The summed E-state index contributed by atoms with van der Waals surface area (Å²) in [6.45, 7) is 10.7. The minimum absolute atomic E-state index is 0.0121. The average molecular weight is 235 g/mol. The van der Waals surface area contributed by atoms with Gasteiger partial charge in [-0.25, -0.2) is 9.97 Å². The van der Waals surface area contributed by atoms with Gasteiger partial charge in [0.1, 0.15) is 10.7 Å². The van der Waals surface area contributed by atoms with Gasteiger partial charge in [0.15, 0.2) is 0 Å². The predicted octanol–water partition coefficient (Wildman–Crippen LogP) is 3.51. The fourth-order valence-electron chi connectivity index (χ4n) is 1.56. The van der Waals surface area contributed by atoms with Gasteiger partial charge in [-0.2, -0.15) is 4.37 Å². The Hall–Kier alpha value is -1.03. The van der Waals surface area contributed by atoms with Crippen LogP contribution in [0.3, 0.4) is 0 Å². The molecule has 2 aromatic rings. The summed E-state index contributed by atoms with van der Waals surface area (Å²) >= 11 is 1.45. The Morgan fingerprint density at radius 3 is 2.44 bits per heavy atom. The number of aromatic nitrogens is 3. The molecule has 0 bridgehead atoms. The average Bonchev–Trinajstić information content (AvgIpc) is 2.61. The van der Waals surface area contributed by atoms with Crippen molar-refractivity contribution >= 4 is 21.7 Å². The first-order valence-corrected chi connectivity index (χ1v) is 6.29. The van der Waals surface area contributed by atoms with Crippen LogP contribution >= 0.6 is 11.5 Å². The number of hydrogen-bond donors (Lipinski definition) is 0. The molecular weight excluding hydrogens is 218 g/mol. The van der Waals surface area contributed by atoms with Crippen LogP contribution in [0.15, 0.2) is 6.20 Å². The summed E-state index contributed by atoms with van der Waals surface area (Å²) in [5, 5.41) is 1.10. The monoisotopic (exact) mass is 235 g/mol. The number of fused-ring (bicyclic) bond motifs is 1. The Morgan fingerprint density at radius 2 is 1.88 bits per heavy atom. The lowest BCUT2D eigenvalue weighted by atomic mass is 9.95. The zero-order valence-electron chi connectivity index (χ0n) is 10.4. The maximum Gasteiger partial charge on any atom is 0.147 e. The smallest absolute Gasteiger partial charge is 0.147 e. The first-order chi connectivity index (χ1) is 7.39. The van der Waals surface area contributed by atoms with Crippen molar-refractivity contribution in [2.45, 2.75) is 46.0 Å². The Labute approximate surface area is 100 Å². The third-order valence-corrected chi connectivity index (χ3v) is 3.17. The molecule has 4 heteroatoms. The molecular formula is C12H17N3S. The largest absolute Gasteiger partial charge is 0.236 e. The molecule has 0 atom stereocenters. The molecule has 0 aliphatic carbocycles. The van der Waals surface area contributed by atoms with Crippen molar-refractivity contribution in [3.63, 3.8) is 0 Å². The summed E-state index contributed by atoms with van der Waals surface area (Å²) in [6.07, 6.45) is 1.88. The molecule has 0 spiro atoms. The molecule has 0 unspecified atom stereocenters. The van der Waals surface area contributed by atoms with Crippen LogP contribution in [-0.2, 0) is 5.41 Å². The Balaban J connectivity index is 2.71. The van der Waals surface area contributed by atoms with Crippen molar-refractivity contribution in [1.29, 1.82) is 0 Å². The fourth-order valence-corrected chi connectivity index (χ4v) is 2.20. The van der Waals surface area contributed by atoms with Crippen molar-refractivity contribution < 1.29 is 0 Å². The van der Waals surface area contributed by atoms with Gasteiger partial charge in [0.2, 0.25) is 0 Å². The topological polar surface area (TPSA) is 38.7 Å². The normalized spacial score (nSPS) is 12.6. The summed E-state index contributed by atoms with van der Waals surface area (Å²) in [5.41, 5.74) is 1.10. The minimum atomic E-state index is -0.0121. The van der Waals surface area contributed by atoms with Gasteiger partial charge in [0, 0.05) is 5.41 Å². The molecule has 0 N–H and O–H groups in total. The summed E-state index contributed by atoms with van der Waals surface area (Å²) in [7, 11) is 0. The molecule has 86 valence electrons. The molecule has 0 saturated heterocycles. The second kappa shape index (κ2) is 3.77. The van der Waals surface area contributed by atoms with Crippen molar-refractivity contribution in [2.75, 3.05) is 0 Å². The lowest BCUT2D eigenvalue weighted by Crippen LogP contribution is -2.17. The molecule has 0 amide bonds. The molecule has 16 heavy (non-hydrogen) atoms. The first kappa shape index (κ1) is 11.5. The van der Waals surface area contributed by atoms with E-state index in [1.54, 1.807) is 0 Å². The van der Waals surface area contributed by atoms with Gasteiger partial charge in [-0.1, -0.05) is 34.6 Å². The SMILES string of the molecule is CC(C)c1nc(C(C)(C)C)nc2sncc12. The first-order valence-electron chi connectivity index (χ1n) is 5.52. The van der Waals surface area contributed by atoms with Crippen molar-refractivity contribution in [1.82, 2.24) is 14.3 Å². The zero-order chi connectivity index (χ0) is 11.9. The van der Waals surface area contributed by atoms with Crippen LogP contribution in [-0.4, -0.2) is 14.3 Å². The van der Waals surface area contributed by atoms with Gasteiger partial charge in [0.25, 0.3) is 0 Å². The standard InChI is InChI=1S/C12H17N3S/c1-7(2)9-8-6-13-16-10(8)15-11(14-9)12(3,4)5/h6-7H,1-5H3. The predicted molar refractivity (Wildman–Crippen MR) is 68.0 cm³/mol. The van der Waals surface area contributed by atoms with E-state index < -0.39 is 0 Å². The lowest BCUT2D eigenvalue weighted by molar-refractivity contribution is 0.543. The highest BCUT2D eigenvalue weighted by Crippen LogP contribution is 2.28. The Kier molecular flexibility index (Phi) is 2.70. The van der Waals surface area contributed by atoms with Crippen molar-refractivity contribution in [3.8, 4) is 0 Å². The van der Waals surface area contributed by atoms with Crippen LogP contribution in [0.1, 0.15) is 52.1 Å². The summed E-state index contributed by atoms with van der Waals surface area (Å²) < 4.78 is 4.21. The van der Waals surface area contributed by atoms with E-state index in [9.17, 15) is 0 Å². The van der Waals surface area contributed by atoms with Gasteiger partial charge in [-0.05, 0) is 17.5 Å². The van der Waals surface area contributed by atoms with E-state index in [2.05, 4.69) is 44.0 Å². The number of hydrogen-bond acceptors (Lipinski definition) is 4. The van der Waals surface area contributed by atoms with E-state index in [-0.39, 0.29) is 5.41 Å². The van der Waals surface area contributed by atoms with Gasteiger partial charge in [0.05, 0.1) is 17.3 Å². The van der Waals surface area contributed by atoms with Crippen LogP contribution in [0.2, 0.25) is 0 Å². The highest BCUT2D eigenvalue weighted by Gasteiger charge is 2.21. The van der Waals surface area contributed by atoms with Gasteiger partial charge < -0.3 is 0 Å². The van der Waals surface area contributed by atoms with E-state index in [1.807, 2.05) is 6.20 Å². The van der Waals surface area contributed by atoms with E-state index >= 15 is 0 Å². The fraction of sp³-hybridized carbons (Fsp3) is 0.583. The highest BCUT2D eigenvalue weighted by molar-refractivity contribution is 7.12. The second-order valence-corrected chi connectivity index (χ2v) is 6.16. The third-order valence-electron chi connectivity index (χ3n) is 2.48. The molecule has 2 heterocycles. The molecule has 0 fully saturated rings. The van der Waals surface area contributed by atoms with Crippen LogP contribution in [0.25, 0.3) is 10.2 Å². The third kappa shape index (κ3) is 1.94. The van der Waals surface area contributed by atoms with Crippen LogP contribution in [0, 0.1) is 0 Å². The summed E-state index contributed by atoms with van der Waals surface area (Å²) in [6, 6.07) is 0. The van der Waals surface area contributed by atoms with Crippen LogP contribution < -0.4 is 0 Å². The molecule has 0 aliphatic rings. The van der Waals surface area contributed by atoms with E-state index in [4.69, 9.17) is 4.98 Å². The van der Waals surface area contributed by atoms with Crippen LogP contribution in [0.5, 0.6) is 0 Å². The van der Waals surface area contributed by atoms with Crippen molar-refractivity contribution in [2.24, 2.45) is 0 Å². The lowest BCUT2D eigenvalue weighted by Gasteiger charge is -2.18. The summed E-state index contributed by atoms with van der Waals surface area (Å²) in [4.78, 5) is 10.3. The molecule has 0 aliphatic heterocycles. The van der Waals surface area contributed by atoms with Gasteiger partial charge >= 0.3 is 0 Å². The molecule has 0 saturated carbocycles. The zero-order valence-corrected chi connectivity index (χ0v) is 11.2. The maximum absolute atomic E-state index is 4.70. The number of rotatable bonds is 1. The Morgan fingerprint density at radius 1 is 1.19 bits per heavy atom.